The number of aryl methyl sites for hydroxylation is 2. The van der Waals surface area contributed by atoms with Crippen molar-refractivity contribution in [2.24, 2.45) is 0 Å². The van der Waals surface area contributed by atoms with E-state index in [4.69, 9.17) is 18.2 Å². The summed E-state index contributed by atoms with van der Waals surface area (Å²) in [6.45, 7) is 14.7. The SMILES string of the molecule is [2H]C([2H])([2H])c1ccc(-c2ccnc(-c3[c-]c(-c4cccc5c4nc(-c4cc(C(C)(C)C)ccc4O)n5-c4cc(C([2H])([2H])[2H])c(-c5ccc(C(C)(C)C)cc5)cc4-c4ccccc4)cc(C(C)(C)C)c3)c2)cc1.[Pt]. The van der Waals surface area contributed by atoms with Crippen molar-refractivity contribution in [1.82, 2.24) is 14.5 Å². The summed E-state index contributed by atoms with van der Waals surface area (Å²) in [4.78, 5) is 10.4. The maximum atomic E-state index is 11.9. The average Bonchev–Trinajstić information content (AvgIpc) is 3.72. The van der Waals surface area contributed by atoms with E-state index in [9.17, 15) is 5.11 Å². The van der Waals surface area contributed by atoms with E-state index >= 15 is 0 Å². The van der Waals surface area contributed by atoms with E-state index in [1.165, 1.54) is 0 Å². The monoisotopic (exact) mass is 1060 g/mol. The Morgan fingerprint density at radius 1 is 0.522 bits per heavy atom. The van der Waals surface area contributed by atoms with E-state index in [2.05, 4.69) is 92.6 Å². The Labute approximate surface area is 420 Å². The van der Waals surface area contributed by atoms with Crippen LogP contribution in [0.4, 0.5) is 0 Å². The summed E-state index contributed by atoms with van der Waals surface area (Å²) in [6, 6.07) is 52.5. The average molecular weight is 1060 g/mol. The molecular formula is C62H60N3OPt-. The number of nitrogens with zero attached hydrogens (tertiary/aromatic N) is 3. The molecule has 0 fully saturated rings. The maximum Gasteiger partial charge on any atom is 0.148 e. The number of aromatic nitrogens is 3. The molecule has 340 valence electrons. The molecule has 0 unspecified atom stereocenters. The van der Waals surface area contributed by atoms with Gasteiger partial charge in [-0.25, -0.2) is 4.98 Å². The Balaban J connectivity index is 0.00000711. The number of benzene rings is 7. The predicted octanol–water partition coefficient (Wildman–Crippen LogP) is 16.4. The van der Waals surface area contributed by atoms with E-state index in [1.54, 1.807) is 30.5 Å². The second-order valence-corrected chi connectivity index (χ2v) is 20.5. The Hall–Kier alpha value is -6.35. The molecule has 9 rings (SSSR count). The molecule has 0 saturated carbocycles. The molecule has 7 aromatic carbocycles. The first-order chi connectivity index (χ1) is 33.8. The first-order valence-corrected chi connectivity index (χ1v) is 22.6. The van der Waals surface area contributed by atoms with Gasteiger partial charge in [-0.15, -0.1) is 29.3 Å². The fourth-order valence-electron chi connectivity index (χ4n) is 8.64. The zero-order valence-corrected chi connectivity index (χ0v) is 41.9. The van der Waals surface area contributed by atoms with Crippen molar-refractivity contribution < 1.29 is 34.4 Å². The molecule has 2 heterocycles. The number of fused-ring (bicyclic) bond motifs is 1. The fraction of sp³-hybridized carbons (Fsp3) is 0.226. The summed E-state index contributed by atoms with van der Waals surface area (Å²) in [6.07, 6.45) is 1.76. The van der Waals surface area contributed by atoms with Crippen LogP contribution in [0.3, 0.4) is 0 Å². The van der Waals surface area contributed by atoms with Crippen LogP contribution >= 0.6 is 0 Å². The van der Waals surface area contributed by atoms with Crippen molar-refractivity contribution in [3.8, 4) is 78.6 Å². The van der Waals surface area contributed by atoms with Crippen molar-refractivity contribution in [3.63, 3.8) is 0 Å². The minimum Gasteiger partial charge on any atom is -0.507 e. The number of pyridine rings is 1. The van der Waals surface area contributed by atoms with Crippen LogP contribution in [0.2, 0.25) is 0 Å². The van der Waals surface area contributed by atoms with Gasteiger partial charge in [0.1, 0.15) is 11.6 Å². The molecular weight excluding hydrogens is 998 g/mol. The van der Waals surface area contributed by atoms with E-state index in [0.29, 0.717) is 39.4 Å². The van der Waals surface area contributed by atoms with Crippen LogP contribution in [0.5, 0.6) is 5.75 Å². The molecule has 0 spiro atoms. The number of aromatic hydroxyl groups is 1. The van der Waals surface area contributed by atoms with E-state index in [0.717, 1.165) is 61.2 Å². The summed E-state index contributed by atoms with van der Waals surface area (Å²) in [7, 11) is 0. The number of para-hydroxylation sites is 1. The van der Waals surface area contributed by atoms with E-state index < -0.39 is 13.7 Å². The van der Waals surface area contributed by atoms with Crippen LogP contribution in [0.25, 0.3) is 83.9 Å². The minimum absolute atomic E-state index is 0. The number of phenols is 1. The van der Waals surface area contributed by atoms with Gasteiger partial charge in [0.15, 0.2) is 0 Å². The molecule has 9 aromatic rings. The summed E-state index contributed by atoms with van der Waals surface area (Å²) in [5.41, 5.74) is 13.3. The normalized spacial score (nSPS) is 13.7. The standard InChI is InChI=1S/C62H60N3O.Pt/c1-39-20-22-41(23-21-39)44-30-31-63-54(36-44)46-33-45(34-49(35-46)62(9,10)11)50-18-15-19-55-58(50)64-59(53-37-48(61(6,7)8)28-29-57(53)66)65(55)56-32-40(2)51(38-52(56)42-16-13-12-14-17-42)43-24-26-47(27-25-43)60(3,4)5;/h12-32,34-38,66H,1-11H3;/q-1;/i1D3,2D3;. The van der Waals surface area contributed by atoms with Crippen LogP contribution in [-0.4, -0.2) is 19.6 Å². The number of hydrogen-bond acceptors (Lipinski definition) is 3. The second-order valence-electron chi connectivity index (χ2n) is 20.5. The predicted molar refractivity (Wildman–Crippen MR) is 278 cm³/mol. The van der Waals surface area contributed by atoms with Gasteiger partial charge in [-0.05, 0) is 111 Å². The molecule has 2 aromatic heterocycles. The number of hydrogen-bond donors (Lipinski definition) is 1. The number of imidazole rings is 1. The zero-order valence-electron chi connectivity index (χ0n) is 45.6. The quantitative estimate of drug-likeness (QED) is 0.162. The van der Waals surface area contributed by atoms with Crippen LogP contribution < -0.4 is 0 Å². The van der Waals surface area contributed by atoms with Gasteiger partial charge in [0.2, 0.25) is 0 Å². The molecule has 0 saturated heterocycles. The van der Waals surface area contributed by atoms with Gasteiger partial charge < -0.3 is 5.11 Å². The summed E-state index contributed by atoms with van der Waals surface area (Å²) >= 11 is 0. The summed E-state index contributed by atoms with van der Waals surface area (Å²) in [5.74, 6) is 0.486. The largest absolute Gasteiger partial charge is 0.507 e. The molecule has 5 heteroatoms. The van der Waals surface area contributed by atoms with Crippen molar-refractivity contribution in [3.05, 3.63) is 192 Å². The van der Waals surface area contributed by atoms with Crippen LogP contribution in [-0.2, 0) is 37.3 Å². The van der Waals surface area contributed by atoms with Gasteiger partial charge >= 0.3 is 0 Å². The van der Waals surface area contributed by atoms with Crippen LogP contribution in [0.1, 0.15) is 98.4 Å². The number of rotatable bonds is 7. The molecule has 0 aliphatic carbocycles. The third kappa shape index (κ3) is 9.47. The fourth-order valence-corrected chi connectivity index (χ4v) is 8.64. The molecule has 1 N–H and O–H groups in total. The molecule has 0 aliphatic rings. The van der Waals surface area contributed by atoms with Gasteiger partial charge in [-0.2, -0.15) is 0 Å². The van der Waals surface area contributed by atoms with E-state index in [-0.39, 0.29) is 54.2 Å². The Kier molecular flexibility index (Phi) is 10.7. The minimum atomic E-state index is -2.51. The molecule has 4 nitrogen and oxygen atoms in total. The van der Waals surface area contributed by atoms with Crippen LogP contribution in [0, 0.1) is 19.8 Å². The molecule has 0 aliphatic heterocycles. The van der Waals surface area contributed by atoms with Gasteiger partial charge in [0.25, 0.3) is 0 Å². The van der Waals surface area contributed by atoms with Crippen LogP contribution in [0.15, 0.2) is 158 Å². The van der Waals surface area contributed by atoms with E-state index in [1.807, 2.05) is 108 Å². The maximum absolute atomic E-state index is 11.9. The van der Waals surface area contributed by atoms with Gasteiger partial charge in [-0.3, -0.25) is 9.55 Å². The third-order valence-electron chi connectivity index (χ3n) is 12.6. The Bertz CT molecular complexity index is 3480. The van der Waals surface area contributed by atoms with Gasteiger partial charge in [0.05, 0.1) is 22.3 Å². The molecule has 0 bridgehead atoms. The molecule has 0 atom stereocenters. The molecule has 0 radical (unpaired) electrons. The van der Waals surface area contributed by atoms with Gasteiger partial charge in [0, 0.05) is 46.7 Å². The van der Waals surface area contributed by atoms with Crippen molar-refractivity contribution in [2.75, 3.05) is 0 Å². The summed E-state index contributed by atoms with van der Waals surface area (Å²) in [5, 5.41) is 11.9. The van der Waals surface area contributed by atoms with Crippen molar-refractivity contribution in [2.45, 2.75) is 92.3 Å². The Morgan fingerprint density at radius 3 is 1.85 bits per heavy atom. The third-order valence-corrected chi connectivity index (χ3v) is 12.6. The number of phenolic OH excluding ortho intramolecular Hbond substituents is 1. The smallest absolute Gasteiger partial charge is 0.148 e. The molecule has 67 heavy (non-hydrogen) atoms. The molecule has 0 amide bonds. The van der Waals surface area contributed by atoms with Gasteiger partial charge in [-0.1, -0.05) is 182 Å². The van der Waals surface area contributed by atoms with Crippen molar-refractivity contribution in [1.29, 1.82) is 0 Å². The first kappa shape index (κ1) is 39.8. The zero-order chi connectivity index (χ0) is 51.7. The summed E-state index contributed by atoms with van der Waals surface area (Å²) < 4.78 is 52.8. The second kappa shape index (κ2) is 18.0. The first-order valence-electron chi connectivity index (χ1n) is 25.6. The Morgan fingerprint density at radius 2 is 1.18 bits per heavy atom. The van der Waals surface area contributed by atoms with Crippen molar-refractivity contribution >= 4 is 11.0 Å². The topological polar surface area (TPSA) is 50.9 Å².